The van der Waals surface area contributed by atoms with Crippen molar-refractivity contribution in [2.24, 2.45) is 11.3 Å². The molecule has 0 aromatic rings. The molecule has 0 amide bonds. The molecule has 1 aliphatic heterocycles. The fourth-order valence-electron chi connectivity index (χ4n) is 3.03. The van der Waals surface area contributed by atoms with E-state index in [4.69, 9.17) is 14.2 Å². The van der Waals surface area contributed by atoms with E-state index in [1.807, 2.05) is 0 Å². The number of fused-ring (bicyclic) bond motifs is 2. The Hall–Kier alpha value is 1.34. The van der Waals surface area contributed by atoms with Gasteiger partial charge in [0, 0.05) is 56.9 Å². The summed E-state index contributed by atoms with van der Waals surface area (Å²) in [5.74, 6) is 0.605. The number of hydrogen-bond acceptors (Lipinski definition) is 3. The van der Waals surface area contributed by atoms with Crippen molar-refractivity contribution >= 4 is 37.2 Å². The van der Waals surface area contributed by atoms with Crippen LogP contribution in [0.15, 0.2) is 0 Å². The zero-order chi connectivity index (χ0) is 11.5. The van der Waals surface area contributed by atoms with Crippen LogP contribution < -0.4 is 0 Å². The Labute approximate surface area is 115 Å². The first-order valence-corrected chi connectivity index (χ1v) is 11.3. The molecule has 1 saturated carbocycles. The fraction of sp³-hybridized carbons (Fsp3) is 1.00. The molecule has 1 aliphatic carbocycles. The summed E-state index contributed by atoms with van der Waals surface area (Å²) in [7, 11) is 3.52. The van der Waals surface area contributed by atoms with Crippen molar-refractivity contribution in [2.45, 2.75) is 25.6 Å². The maximum absolute atomic E-state index is 5.72. The number of hydrogen-bond donors (Lipinski definition) is 0. The Bertz CT molecular complexity index is 203. The average molecular weight is 440 g/mol. The second kappa shape index (κ2) is 6.32. The van der Waals surface area contributed by atoms with E-state index in [2.05, 4.69) is 44.2 Å². The van der Waals surface area contributed by atoms with Crippen molar-refractivity contribution in [1.82, 2.24) is 0 Å². The lowest BCUT2D eigenvalue weighted by Crippen LogP contribution is -2.36. The molecular formula is C10H18I2O3. The quantitative estimate of drug-likeness (QED) is 0.633. The predicted molar refractivity (Wildman–Crippen MR) is 76.7 cm³/mol. The molecule has 5 heteroatoms. The topological polar surface area (TPSA) is 27.7 Å². The summed E-state index contributed by atoms with van der Waals surface area (Å²) in [4.78, 5) is 0. The summed E-state index contributed by atoms with van der Waals surface area (Å²) >= 11 is 4.24. The minimum absolute atomic E-state index is 0.133. The summed E-state index contributed by atoms with van der Waals surface area (Å²) in [6, 6.07) is 0. The third-order valence-electron chi connectivity index (χ3n) is 3.44. The summed E-state index contributed by atoms with van der Waals surface area (Å²) in [5.41, 5.74) is 0.133. The van der Waals surface area contributed by atoms with Crippen molar-refractivity contribution in [3.05, 3.63) is 0 Å². The highest BCUT2D eigenvalue weighted by Crippen LogP contribution is 2.50. The third kappa shape index (κ3) is 2.61. The van der Waals surface area contributed by atoms with E-state index in [-0.39, 0.29) is 11.5 Å². The van der Waals surface area contributed by atoms with Gasteiger partial charge in [0.1, 0.15) is 0 Å². The highest BCUT2D eigenvalue weighted by Gasteiger charge is 2.58. The zero-order valence-corrected chi connectivity index (χ0v) is 13.6. The molecule has 0 aromatic carbocycles. The van der Waals surface area contributed by atoms with E-state index in [1.54, 1.807) is 14.2 Å². The van der Waals surface area contributed by atoms with Gasteiger partial charge in [-0.1, -0.05) is 6.92 Å². The van der Waals surface area contributed by atoms with Crippen molar-refractivity contribution in [1.29, 1.82) is 0 Å². The fourth-order valence-corrected chi connectivity index (χ4v) is 3.03. The minimum Gasteiger partial charge on any atom is -0.384 e. The second-order valence-corrected chi connectivity index (χ2v) is 4.41. The molecule has 1 heterocycles. The van der Waals surface area contributed by atoms with E-state index >= 15 is 0 Å². The molecule has 15 heavy (non-hydrogen) atoms. The molecule has 0 aromatic heterocycles. The van der Waals surface area contributed by atoms with Crippen LogP contribution in [0, 0.1) is 11.3 Å². The Balaban J connectivity index is 0.000000531. The average Bonchev–Trinajstić information content (AvgIpc) is 2.71. The molecule has 0 spiro atoms. The van der Waals surface area contributed by atoms with E-state index < -0.39 is 0 Å². The standard InChI is InChI=1S/C10H18O3.I2/c1-7-4-10(5-11-2)6-13-8(7)9(10)12-3;1-2/h7-9H,4-6H2,1-3H3;. The molecule has 4 unspecified atom stereocenters. The Morgan fingerprint density at radius 3 is 2.53 bits per heavy atom. The van der Waals surface area contributed by atoms with Gasteiger partial charge in [-0.2, -0.15) is 0 Å². The number of methoxy groups -OCH3 is 2. The van der Waals surface area contributed by atoms with Gasteiger partial charge >= 0.3 is 0 Å². The monoisotopic (exact) mass is 440 g/mol. The van der Waals surface area contributed by atoms with Gasteiger partial charge < -0.3 is 14.2 Å². The Kier molecular flexibility index (Phi) is 6.07. The molecule has 90 valence electrons. The first-order valence-electron chi connectivity index (χ1n) is 5.01. The number of ether oxygens (including phenoxy) is 3. The Morgan fingerprint density at radius 1 is 1.40 bits per heavy atom. The molecule has 2 fully saturated rings. The van der Waals surface area contributed by atoms with E-state index in [0.29, 0.717) is 12.0 Å². The van der Waals surface area contributed by atoms with Crippen LogP contribution in [-0.2, 0) is 14.2 Å². The minimum atomic E-state index is 0.133. The van der Waals surface area contributed by atoms with Gasteiger partial charge in [0.2, 0.25) is 0 Å². The molecule has 2 rings (SSSR count). The van der Waals surface area contributed by atoms with Crippen molar-refractivity contribution in [2.75, 3.05) is 27.4 Å². The highest BCUT2D eigenvalue weighted by atomic mass is 128. The smallest absolute Gasteiger partial charge is 0.0935 e. The zero-order valence-electron chi connectivity index (χ0n) is 9.33. The summed E-state index contributed by atoms with van der Waals surface area (Å²) in [6.07, 6.45) is 1.70. The number of rotatable bonds is 3. The van der Waals surface area contributed by atoms with Gasteiger partial charge in [-0.15, -0.1) is 0 Å². The van der Waals surface area contributed by atoms with Crippen LogP contribution in [0.5, 0.6) is 0 Å². The molecule has 4 atom stereocenters. The molecular weight excluding hydrogens is 422 g/mol. The summed E-state index contributed by atoms with van der Waals surface area (Å²) < 4.78 is 16.5. The van der Waals surface area contributed by atoms with Gasteiger partial charge in [0.05, 0.1) is 25.4 Å². The third-order valence-corrected chi connectivity index (χ3v) is 3.44. The largest absolute Gasteiger partial charge is 0.384 e. The molecule has 2 bridgehead atoms. The van der Waals surface area contributed by atoms with Gasteiger partial charge in [0.15, 0.2) is 0 Å². The van der Waals surface area contributed by atoms with E-state index in [1.165, 1.54) is 6.42 Å². The Morgan fingerprint density at radius 2 is 2.07 bits per heavy atom. The van der Waals surface area contributed by atoms with Crippen molar-refractivity contribution in [3.63, 3.8) is 0 Å². The maximum Gasteiger partial charge on any atom is 0.0935 e. The van der Waals surface area contributed by atoms with Crippen LogP contribution in [-0.4, -0.2) is 39.6 Å². The molecule has 3 nitrogen and oxygen atoms in total. The first kappa shape index (κ1) is 14.4. The van der Waals surface area contributed by atoms with Crippen LogP contribution in [0.4, 0.5) is 0 Å². The lowest BCUT2D eigenvalue weighted by Gasteiger charge is -2.28. The number of halogens is 2. The first-order chi connectivity index (χ1) is 7.23. The summed E-state index contributed by atoms with van der Waals surface area (Å²) in [5, 5.41) is 0. The van der Waals surface area contributed by atoms with E-state index in [0.717, 1.165) is 13.2 Å². The molecule has 1 saturated heterocycles. The van der Waals surface area contributed by atoms with Gasteiger partial charge in [-0.25, -0.2) is 0 Å². The lowest BCUT2D eigenvalue weighted by molar-refractivity contribution is -0.0159. The predicted octanol–water partition coefficient (Wildman–Crippen LogP) is 2.84. The SMILES string of the molecule is COCC12COC(C(C)C1)C2OC.II. The summed E-state index contributed by atoms with van der Waals surface area (Å²) in [6.45, 7) is 3.79. The molecule has 0 N–H and O–H groups in total. The van der Waals surface area contributed by atoms with Crippen LogP contribution in [0.25, 0.3) is 0 Å². The van der Waals surface area contributed by atoms with Crippen LogP contribution in [0.1, 0.15) is 13.3 Å². The van der Waals surface area contributed by atoms with Crippen molar-refractivity contribution < 1.29 is 14.2 Å². The van der Waals surface area contributed by atoms with Gasteiger partial charge in [-0.05, 0) is 12.3 Å². The molecule has 2 aliphatic rings. The molecule has 0 radical (unpaired) electrons. The maximum atomic E-state index is 5.72. The second-order valence-electron chi connectivity index (χ2n) is 4.41. The van der Waals surface area contributed by atoms with Crippen LogP contribution in [0.2, 0.25) is 0 Å². The van der Waals surface area contributed by atoms with E-state index in [9.17, 15) is 0 Å². The van der Waals surface area contributed by atoms with Gasteiger partial charge in [-0.3, -0.25) is 0 Å². The highest BCUT2D eigenvalue weighted by molar-refractivity contribution is 15.0. The van der Waals surface area contributed by atoms with Gasteiger partial charge in [0.25, 0.3) is 0 Å². The lowest BCUT2D eigenvalue weighted by atomic mass is 9.86. The van der Waals surface area contributed by atoms with Crippen LogP contribution in [0.3, 0.4) is 0 Å². The normalized spacial score (nSPS) is 42.6. The van der Waals surface area contributed by atoms with Crippen LogP contribution >= 0.6 is 37.2 Å². The van der Waals surface area contributed by atoms with Crippen molar-refractivity contribution in [3.8, 4) is 0 Å².